The van der Waals surface area contributed by atoms with E-state index in [2.05, 4.69) is 42.7 Å². The molecule has 0 spiro atoms. The topological polar surface area (TPSA) is 149 Å². The van der Waals surface area contributed by atoms with Crippen molar-refractivity contribution in [2.45, 2.75) is 180 Å². The maximum absolute atomic E-state index is 12.5. The monoisotopic (exact) mass is 718 g/mol. The molecule has 0 amide bonds. The summed E-state index contributed by atoms with van der Waals surface area (Å²) in [6.07, 6.45) is 31.5. The fourth-order valence-electron chi connectivity index (χ4n) is 5.03. The third kappa shape index (κ3) is 34.7. The summed E-state index contributed by atoms with van der Waals surface area (Å²) in [7, 11) is -4.61. The number of esters is 2. The summed E-state index contributed by atoms with van der Waals surface area (Å²) in [5.41, 5.74) is 0. The van der Waals surface area contributed by atoms with E-state index in [0.29, 0.717) is 12.8 Å². The number of carbonyl (C=O) groups excluding carboxylic acids is 2. The number of carbonyl (C=O) groups is 2. The predicted octanol–water partition coefficient (Wildman–Crippen LogP) is 9.44. The maximum atomic E-state index is 12.5. The standard InChI is InChI=1S/C38H71O10P/c1-3-5-7-9-11-13-15-16-17-18-20-21-23-25-27-29-37(41)45-33-36(34-47-49(43,44)46-32-35(40)31-39)48-38(42)30-28-26-24-22-19-14-12-10-8-6-4-2/h10,12-13,15,35-36,39-40H,3-9,11,14,16-34H2,1-2H3,(H,43,44)/b12-10+,15-13+/t35-,36+/m0/s1. The highest BCUT2D eigenvalue weighted by molar-refractivity contribution is 7.47. The van der Waals surface area contributed by atoms with Crippen LogP contribution in [0.15, 0.2) is 24.3 Å². The van der Waals surface area contributed by atoms with Gasteiger partial charge in [0.05, 0.1) is 19.8 Å². The highest BCUT2D eigenvalue weighted by Crippen LogP contribution is 2.43. The first-order chi connectivity index (χ1) is 23.7. The van der Waals surface area contributed by atoms with E-state index >= 15 is 0 Å². The SMILES string of the molecule is CCCC/C=C/CCCCCCCC(=O)O[C@H](COC(=O)CCCCCCCCC/C=C/CCCCCC)COP(=O)(O)OC[C@@H](O)CO. The Morgan fingerprint density at radius 3 is 1.53 bits per heavy atom. The van der Waals surface area contributed by atoms with Crippen molar-refractivity contribution in [3.8, 4) is 0 Å². The third-order valence-corrected chi connectivity index (χ3v) is 9.03. The first-order valence-electron chi connectivity index (χ1n) is 19.3. The van der Waals surface area contributed by atoms with Crippen LogP contribution in [0, 0.1) is 0 Å². The van der Waals surface area contributed by atoms with Crippen LogP contribution in [0.25, 0.3) is 0 Å². The molecule has 0 bridgehead atoms. The Hall–Kier alpha value is -1.55. The fraction of sp³-hybridized carbons (Fsp3) is 0.842. The minimum atomic E-state index is -4.61. The van der Waals surface area contributed by atoms with Crippen LogP contribution in [-0.2, 0) is 32.7 Å². The predicted molar refractivity (Wildman–Crippen MR) is 196 cm³/mol. The quantitative estimate of drug-likeness (QED) is 0.0248. The van der Waals surface area contributed by atoms with Gasteiger partial charge in [0.25, 0.3) is 0 Å². The molecule has 0 saturated carbocycles. The van der Waals surface area contributed by atoms with Crippen LogP contribution in [0.5, 0.6) is 0 Å². The van der Waals surface area contributed by atoms with Crippen molar-refractivity contribution in [3.05, 3.63) is 24.3 Å². The summed E-state index contributed by atoms with van der Waals surface area (Å²) < 4.78 is 32.5. The van der Waals surface area contributed by atoms with Crippen molar-refractivity contribution in [3.63, 3.8) is 0 Å². The number of phosphoric acid groups is 1. The van der Waals surface area contributed by atoms with Crippen LogP contribution < -0.4 is 0 Å². The zero-order chi connectivity index (χ0) is 36.3. The van der Waals surface area contributed by atoms with E-state index in [0.717, 1.165) is 64.2 Å². The molecule has 10 nitrogen and oxygen atoms in total. The van der Waals surface area contributed by atoms with Crippen molar-refractivity contribution in [1.29, 1.82) is 0 Å². The first-order valence-corrected chi connectivity index (χ1v) is 20.8. The Kier molecular flexibility index (Phi) is 33.8. The van der Waals surface area contributed by atoms with E-state index < -0.39 is 51.8 Å². The van der Waals surface area contributed by atoms with Crippen LogP contribution in [-0.4, -0.2) is 65.7 Å². The summed E-state index contributed by atoms with van der Waals surface area (Å²) in [5, 5.41) is 18.3. The van der Waals surface area contributed by atoms with Gasteiger partial charge in [0.1, 0.15) is 12.7 Å². The second-order valence-corrected chi connectivity index (χ2v) is 14.4. The van der Waals surface area contributed by atoms with Crippen molar-refractivity contribution in [1.82, 2.24) is 0 Å². The average molecular weight is 719 g/mol. The van der Waals surface area contributed by atoms with Gasteiger partial charge in [-0.15, -0.1) is 0 Å². The molecular weight excluding hydrogens is 647 g/mol. The van der Waals surface area contributed by atoms with E-state index in [1.54, 1.807) is 0 Å². The van der Waals surface area contributed by atoms with E-state index in [9.17, 15) is 24.2 Å². The molecule has 49 heavy (non-hydrogen) atoms. The maximum Gasteiger partial charge on any atom is 0.472 e. The van der Waals surface area contributed by atoms with Crippen molar-refractivity contribution >= 4 is 19.8 Å². The van der Waals surface area contributed by atoms with Gasteiger partial charge in [0.15, 0.2) is 6.10 Å². The lowest BCUT2D eigenvalue weighted by Crippen LogP contribution is -2.29. The Bertz CT molecular complexity index is 879. The summed E-state index contributed by atoms with van der Waals surface area (Å²) in [4.78, 5) is 34.8. The second-order valence-electron chi connectivity index (χ2n) is 12.9. The number of ether oxygens (including phenoxy) is 2. The number of aliphatic hydroxyl groups excluding tert-OH is 2. The summed E-state index contributed by atoms with van der Waals surface area (Å²) in [5.74, 6) is -0.941. The molecule has 0 aromatic rings. The van der Waals surface area contributed by atoms with Gasteiger partial charge in [-0.25, -0.2) is 4.57 Å². The van der Waals surface area contributed by atoms with Crippen LogP contribution in [0.1, 0.15) is 168 Å². The number of phosphoric ester groups is 1. The van der Waals surface area contributed by atoms with Gasteiger partial charge in [-0.1, -0.05) is 122 Å². The van der Waals surface area contributed by atoms with Gasteiger partial charge < -0.3 is 24.6 Å². The zero-order valence-electron chi connectivity index (χ0n) is 30.9. The highest BCUT2D eigenvalue weighted by atomic mass is 31.2. The molecule has 1 unspecified atom stereocenters. The molecule has 0 aliphatic carbocycles. The van der Waals surface area contributed by atoms with Crippen molar-refractivity contribution in [2.75, 3.05) is 26.4 Å². The Balaban J connectivity index is 4.35. The molecule has 11 heteroatoms. The average Bonchev–Trinajstić information content (AvgIpc) is 3.09. The number of hydrogen-bond donors (Lipinski definition) is 3. The highest BCUT2D eigenvalue weighted by Gasteiger charge is 2.27. The van der Waals surface area contributed by atoms with Crippen molar-refractivity contribution in [2.24, 2.45) is 0 Å². The van der Waals surface area contributed by atoms with E-state index in [1.807, 2.05) is 0 Å². The minimum absolute atomic E-state index is 0.174. The van der Waals surface area contributed by atoms with Crippen LogP contribution >= 0.6 is 7.82 Å². The molecule has 3 N–H and O–H groups in total. The number of hydrogen-bond acceptors (Lipinski definition) is 9. The third-order valence-electron chi connectivity index (χ3n) is 8.08. The van der Waals surface area contributed by atoms with Gasteiger partial charge in [-0.3, -0.25) is 18.6 Å². The van der Waals surface area contributed by atoms with Gasteiger partial charge in [-0.2, -0.15) is 0 Å². The van der Waals surface area contributed by atoms with Crippen molar-refractivity contribution < 1.29 is 47.8 Å². The Morgan fingerprint density at radius 2 is 1.02 bits per heavy atom. The molecule has 0 saturated heterocycles. The Morgan fingerprint density at radius 1 is 0.592 bits per heavy atom. The number of rotatable bonds is 36. The fourth-order valence-corrected chi connectivity index (χ4v) is 5.82. The summed E-state index contributed by atoms with van der Waals surface area (Å²) in [6, 6.07) is 0. The molecule has 0 heterocycles. The van der Waals surface area contributed by atoms with Crippen LogP contribution in [0.2, 0.25) is 0 Å². The van der Waals surface area contributed by atoms with Gasteiger partial charge in [0, 0.05) is 12.8 Å². The molecule has 0 aliphatic heterocycles. The minimum Gasteiger partial charge on any atom is -0.462 e. The zero-order valence-corrected chi connectivity index (χ0v) is 31.8. The van der Waals surface area contributed by atoms with Gasteiger partial charge >= 0.3 is 19.8 Å². The summed E-state index contributed by atoms with van der Waals surface area (Å²) >= 11 is 0. The van der Waals surface area contributed by atoms with Crippen LogP contribution in [0.4, 0.5) is 0 Å². The largest absolute Gasteiger partial charge is 0.472 e. The normalized spacial score (nSPS) is 14.3. The van der Waals surface area contributed by atoms with Crippen LogP contribution in [0.3, 0.4) is 0 Å². The molecule has 0 aliphatic rings. The molecule has 0 aromatic carbocycles. The lowest BCUT2D eigenvalue weighted by molar-refractivity contribution is -0.161. The summed E-state index contributed by atoms with van der Waals surface area (Å²) in [6.45, 7) is 2.30. The molecule has 0 radical (unpaired) electrons. The lowest BCUT2D eigenvalue weighted by atomic mass is 10.1. The number of unbranched alkanes of at least 4 members (excludes halogenated alkanes) is 18. The molecular formula is C38H71O10P. The number of allylic oxidation sites excluding steroid dienone is 4. The molecule has 0 fully saturated rings. The molecule has 3 atom stereocenters. The van der Waals surface area contributed by atoms with E-state index in [4.69, 9.17) is 19.1 Å². The second kappa shape index (κ2) is 34.9. The first kappa shape index (κ1) is 47.4. The lowest BCUT2D eigenvalue weighted by Gasteiger charge is -2.20. The molecule has 0 rings (SSSR count). The molecule has 288 valence electrons. The smallest absolute Gasteiger partial charge is 0.462 e. The van der Waals surface area contributed by atoms with E-state index in [-0.39, 0.29) is 19.4 Å². The Labute approximate surface area is 298 Å². The molecule has 0 aromatic heterocycles. The van der Waals surface area contributed by atoms with Gasteiger partial charge in [0.2, 0.25) is 0 Å². The van der Waals surface area contributed by atoms with Gasteiger partial charge in [-0.05, 0) is 57.8 Å². The van der Waals surface area contributed by atoms with E-state index in [1.165, 1.54) is 64.2 Å². The number of aliphatic hydroxyl groups is 2.